The van der Waals surface area contributed by atoms with Crippen LogP contribution >= 0.6 is 24.0 Å². The van der Waals surface area contributed by atoms with Crippen molar-refractivity contribution in [1.82, 2.24) is 0 Å². The van der Waals surface area contributed by atoms with Crippen LogP contribution in [0, 0.1) is 18.7 Å². The van der Waals surface area contributed by atoms with Gasteiger partial charge in [-0.3, -0.25) is 0 Å². The molecule has 0 bridgehead atoms. The summed E-state index contributed by atoms with van der Waals surface area (Å²) in [6, 6.07) is 2.77. The van der Waals surface area contributed by atoms with Crippen molar-refractivity contribution in [3.05, 3.63) is 34.1 Å². The molecule has 1 unspecified atom stereocenters. The summed E-state index contributed by atoms with van der Waals surface area (Å²) in [6.07, 6.45) is 0.908. The minimum absolute atomic E-state index is 0. The molecule has 1 nitrogen and oxygen atoms in total. The first-order chi connectivity index (χ1) is 6.99. The highest BCUT2D eigenvalue weighted by atomic mass is 35.5. The van der Waals surface area contributed by atoms with Crippen molar-refractivity contribution in [2.45, 2.75) is 33.2 Å². The summed E-state index contributed by atoms with van der Waals surface area (Å²) < 4.78 is 13.6. The maximum Gasteiger partial charge on any atom is 0.129 e. The summed E-state index contributed by atoms with van der Waals surface area (Å²) in [4.78, 5) is 0. The van der Waals surface area contributed by atoms with Crippen LogP contribution in [0.4, 0.5) is 4.39 Å². The second kappa shape index (κ2) is 6.43. The van der Waals surface area contributed by atoms with Gasteiger partial charge in [-0.15, -0.1) is 12.4 Å². The van der Waals surface area contributed by atoms with Crippen molar-refractivity contribution < 1.29 is 4.39 Å². The third kappa shape index (κ3) is 3.09. The molecule has 0 radical (unpaired) electrons. The molecule has 0 spiro atoms. The van der Waals surface area contributed by atoms with Gasteiger partial charge in [0.05, 0.1) is 5.02 Å². The van der Waals surface area contributed by atoms with E-state index in [1.165, 1.54) is 6.07 Å². The van der Waals surface area contributed by atoms with Crippen molar-refractivity contribution in [2.24, 2.45) is 11.7 Å². The van der Waals surface area contributed by atoms with Crippen LogP contribution < -0.4 is 5.73 Å². The van der Waals surface area contributed by atoms with E-state index in [0.29, 0.717) is 10.6 Å². The van der Waals surface area contributed by atoms with Crippen LogP contribution in [0.15, 0.2) is 12.1 Å². The van der Waals surface area contributed by atoms with Crippen molar-refractivity contribution >= 4 is 24.0 Å². The first-order valence-electron chi connectivity index (χ1n) is 5.19. The molecular weight excluding hydrogens is 248 g/mol. The topological polar surface area (TPSA) is 26.0 Å². The standard InChI is InChI=1S/C12H17ClFN.ClH/c1-4-7(2)12(15)10-9(14)6-5-8(3)11(10)13;/h5-7,12H,4,15H2,1-3H3;1H/t7?,12-;/m1./s1. The summed E-state index contributed by atoms with van der Waals surface area (Å²) in [7, 11) is 0. The predicted octanol–water partition coefficient (Wildman–Crippen LogP) is 4.26. The first-order valence-corrected chi connectivity index (χ1v) is 5.56. The normalized spacial score (nSPS) is 14.1. The van der Waals surface area contributed by atoms with E-state index in [9.17, 15) is 4.39 Å². The molecule has 0 fully saturated rings. The number of rotatable bonds is 3. The predicted molar refractivity (Wildman–Crippen MR) is 69.8 cm³/mol. The minimum atomic E-state index is -0.331. The molecule has 0 aromatic heterocycles. The van der Waals surface area contributed by atoms with Gasteiger partial charge in [0.1, 0.15) is 5.82 Å². The van der Waals surface area contributed by atoms with Gasteiger partial charge in [0, 0.05) is 11.6 Å². The minimum Gasteiger partial charge on any atom is -0.324 e. The van der Waals surface area contributed by atoms with E-state index in [-0.39, 0.29) is 30.2 Å². The van der Waals surface area contributed by atoms with Gasteiger partial charge in [-0.25, -0.2) is 4.39 Å². The van der Waals surface area contributed by atoms with Gasteiger partial charge in [0.2, 0.25) is 0 Å². The zero-order valence-corrected chi connectivity index (χ0v) is 11.3. The Kier molecular flexibility index (Phi) is 6.31. The fraction of sp³-hybridized carbons (Fsp3) is 0.500. The lowest BCUT2D eigenvalue weighted by Crippen LogP contribution is -2.20. The van der Waals surface area contributed by atoms with Crippen LogP contribution in [0.25, 0.3) is 0 Å². The van der Waals surface area contributed by atoms with E-state index in [2.05, 4.69) is 0 Å². The van der Waals surface area contributed by atoms with Crippen LogP contribution in [-0.2, 0) is 0 Å². The van der Waals surface area contributed by atoms with Gasteiger partial charge in [-0.2, -0.15) is 0 Å². The molecule has 0 aliphatic heterocycles. The van der Waals surface area contributed by atoms with E-state index in [1.54, 1.807) is 6.07 Å². The number of nitrogens with two attached hydrogens (primary N) is 1. The summed E-state index contributed by atoms with van der Waals surface area (Å²) >= 11 is 6.07. The van der Waals surface area contributed by atoms with Crippen molar-refractivity contribution in [1.29, 1.82) is 0 Å². The Morgan fingerprint density at radius 2 is 2.00 bits per heavy atom. The SMILES string of the molecule is CCC(C)[C@@H](N)c1c(F)ccc(C)c1Cl.Cl. The molecule has 1 aromatic carbocycles. The van der Waals surface area contributed by atoms with E-state index in [1.807, 2.05) is 20.8 Å². The highest BCUT2D eigenvalue weighted by Crippen LogP contribution is 2.32. The summed E-state index contributed by atoms with van der Waals surface area (Å²) in [5.41, 5.74) is 7.31. The summed E-state index contributed by atoms with van der Waals surface area (Å²) in [5.74, 6) is -0.0859. The molecule has 92 valence electrons. The van der Waals surface area contributed by atoms with Gasteiger partial charge in [0.15, 0.2) is 0 Å². The molecule has 0 heterocycles. The fourth-order valence-corrected chi connectivity index (χ4v) is 1.80. The average molecular weight is 266 g/mol. The second-order valence-electron chi connectivity index (χ2n) is 4.00. The molecule has 0 amide bonds. The summed E-state index contributed by atoms with van der Waals surface area (Å²) in [5, 5.41) is 0.461. The molecule has 0 saturated heterocycles. The van der Waals surface area contributed by atoms with Gasteiger partial charge in [-0.05, 0) is 24.5 Å². The maximum atomic E-state index is 13.6. The molecule has 1 aromatic rings. The molecule has 2 N–H and O–H groups in total. The zero-order valence-electron chi connectivity index (χ0n) is 9.76. The van der Waals surface area contributed by atoms with E-state index in [4.69, 9.17) is 17.3 Å². The number of hydrogen-bond acceptors (Lipinski definition) is 1. The fourth-order valence-electron chi connectivity index (χ4n) is 1.52. The molecule has 4 heteroatoms. The Bertz CT molecular complexity index is 355. The third-order valence-corrected chi connectivity index (χ3v) is 3.41. The molecule has 16 heavy (non-hydrogen) atoms. The van der Waals surface area contributed by atoms with Crippen LogP contribution in [0.1, 0.15) is 37.4 Å². The Morgan fingerprint density at radius 1 is 1.44 bits per heavy atom. The quantitative estimate of drug-likeness (QED) is 0.869. The first kappa shape index (κ1) is 15.7. The van der Waals surface area contributed by atoms with Crippen LogP contribution in [0.2, 0.25) is 5.02 Å². The van der Waals surface area contributed by atoms with Gasteiger partial charge in [-0.1, -0.05) is 37.9 Å². The molecule has 0 aliphatic carbocycles. The monoisotopic (exact) mass is 265 g/mol. The van der Waals surface area contributed by atoms with Crippen molar-refractivity contribution in [2.75, 3.05) is 0 Å². The Labute approximate surface area is 108 Å². The average Bonchev–Trinajstić information content (AvgIpc) is 2.22. The van der Waals surface area contributed by atoms with Crippen LogP contribution in [0.5, 0.6) is 0 Å². The Balaban J connectivity index is 0.00000225. The molecule has 2 atom stereocenters. The number of benzene rings is 1. The van der Waals surface area contributed by atoms with Crippen LogP contribution in [0.3, 0.4) is 0 Å². The van der Waals surface area contributed by atoms with Crippen LogP contribution in [-0.4, -0.2) is 0 Å². The van der Waals surface area contributed by atoms with E-state index in [0.717, 1.165) is 12.0 Å². The van der Waals surface area contributed by atoms with Crippen molar-refractivity contribution in [3.8, 4) is 0 Å². The number of aryl methyl sites for hydroxylation is 1. The Morgan fingerprint density at radius 3 is 2.50 bits per heavy atom. The lowest BCUT2D eigenvalue weighted by molar-refractivity contribution is 0.439. The van der Waals surface area contributed by atoms with E-state index >= 15 is 0 Å². The molecular formula is C12H18Cl2FN. The van der Waals surface area contributed by atoms with Gasteiger partial charge in [0.25, 0.3) is 0 Å². The maximum absolute atomic E-state index is 13.6. The molecule has 0 aliphatic rings. The second-order valence-corrected chi connectivity index (χ2v) is 4.38. The summed E-state index contributed by atoms with van der Waals surface area (Å²) in [6.45, 7) is 5.89. The Hall–Kier alpha value is -0.310. The molecule has 0 saturated carbocycles. The third-order valence-electron chi connectivity index (χ3n) is 2.91. The molecule has 1 rings (SSSR count). The van der Waals surface area contributed by atoms with Crippen molar-refractivity contribution in [3.63, 3.8) is 0 Å². The zero-order chi connectivity index (χ0) is 11.6. The van der Waals surface area contributed by atoms with E-state index < -0.39 is 0 Å². The number of halogens is 3. The lowest BCUT2D eigenvalue weighted by Gasteiger charge is -2.21. The smallest absolute Gasteiger partial charge is 0.129 e. The highest BCUT2D eigenvalue weighted by Gasteiger charge is 2.20. The van der Waals surface area contributed by atoms with Gasteiger partial charge < -0.3 is 5.73 Å². The number of hydrogen-bond donors (Lipinski definition) is 1. The van der Waals surface area contributed by atoms with Gasteiger partial charge >= 0.3 is 0 Å². The highest BCUT2D eigenvalue weighted by molar-refractivity contribution is 6.32. The lowest BCUT2D eigenvalue weighted by atomic mass is 9.92. The largest absolute Gasteiger partial charge is 0.324 e.